The molecule has 1 aliphatic rings. The van der Waals surface area contributed by atoms with Crippen molar-refractivity contribution in [2.45, 2.75) is 43.4 Å². The van der Waals surface area contributed by atoms with Gasteiger partial charge in [-0.05, 0) is 92.0 Å². The van der Waals surface area contributed by atoms with Gasteiger partial charge in [0.2, 0.25) is 16.0 Å². The third-order valence-electron chi connectivity index (χ3n) is 7.97. The summed E-state index contributed by atoms with van der Waals surface area (Å²) in [4.78, 5) is 8.91. The number of alkyl halides is 3. The molecular weight excluding hydrogens is 687 g/mol. The fraction of sp³-hybridized carbons (Fsp3) is 0.375. The van der Waals surface area contributed by atoms with Crippen LogP contribution in [0.3, 0.4) is 0 Å². The molecule has 3 N–H and O–H groups in total. The molecule has 4 aromatic rings. The molecule has 0 amide bonds. The number of fused-ring (bicyclic) bond motifs is 1. The summed E-state index contributed by atoms with van der Waals surface area (Å²) in [6.45, 7) is 1.49. The van der Waals surface area contributed by atoms with E-state index in [0.29, 0.717) is 25.0 Å². The first-order chi connectivity index (χ1) is 22.0. The Morgan fingerprint density at radius 2 is 1.61 bits per heavy atom. The van der Waals surface area contributed by atoms with E-state index in [2.05, 4.69) is 36.0 Å². The van der Waals surface area contributed by atoms with Gasteiger partial charge in [-0.3, -0.25) is 0 Å². The molecule has 14 heteroatoms. The SMILES string of the molecule is COc1ccc(CCNc2nc(NC[C@H]3CC[C@H](CNS(=O)(=O)c4ccc(Br)cc4OC(F)(F)F)CC3)nc3ccccc23)cc1. The van der Waals surface area contributed by atoms with Crippen LogP contribution in [0.25, 0.3) is 10.9 Å². The van der Waals surface area contributed by atoms with E-state index in [0.717, 1.165) is 66.7 Å². The Bertz CT molecular complexity index is 1730. The van der Waals surface area contributed by atoms with Gasteiger partial charge in [0.25, 0.3) is 0 Å². The molecule has 1 heterocycles. The Kier molecular flexibility index (Phi) is 10.9. The highest BCUT2D eigenvalue weighted by molar-refractivity contribution is 9.10. The molecule has 3 aromatic carbocycles. The molecule has 0 spiro atoms. The molecular formula is C32H35BrF3N5O4S. The van der Waals surface area contributed by atoms with Crippen molar-refractivity contribution in [3.63, 3.8) is 0 Å². The first kappa shape index (κ1) is 33.7. The minimum atomic E-state index is -5.02. The molecule has 1 aromatic heterocycles. The minimum absolute atomic E-state index is 0.0619. The average molecular weight is 723 g/mol. The van der Waals surface area contributed by atoms with Crippen LogP contribution in [-0.2, 0) is 16.4 Å². The molecule has 9 nitrogen and oxygen atoms in total. The summed E-state index contributed by atoms with van der Waals surface area (Å²) in [6.07, 6.45) is -0.932. The van der Waals surface area contributed by atoms with E-state index < -0.39 is 27.0 Å². The molecule has 0 unspecified atom stereocenters. The molecule has 1 fully saturated rings. The van der Waals surface area contributed by atoms with Gasteiger partial charge in [-0.2, -0.15) is 4.98 Å². The van der Waals surface area contributed by atoms with Gasteiger partial charge in [-0.1, -0.05) is 40.2 Å². The van der Waals surface area contributed by atoms with Gasteiger partial charge in [0, 0.05) is 29.5 Å². The van der Waals surface area contributed by atoms with Crippen molar-refractivity contribution in [3.05, 3.63) is 76.8 Å². The number of methoxy groups -OCH3 is 1. The second-order valence-electron chi connectivity index (χ2n) is 11.2. The van der Waals surface area contributed by atoms with E-state index >= 15 is 0 Å². The van der Waals surface area contributed by atoms with Crippen molar-refractivity contribution < 1.29 is 31.1 Å². The largest absolute Gasteiger partial charge is 0.573 e. The third kappa shape index (κ3) is 9.23. The lowest BCUT2D eigenvalue weighted by Gasteiger charge is -2.29. The number of hydrogen-bond acceptors (Lipinski definition) is 8. The Morgan fingerprint density at radius 1 is 0.913 bits per heavy atom. The first-order valence-corrected chi connectivity index (χ1v) is 17.2. The summed E-state index contributed by atoms with van der Waals surface area (Å²) in [5, 5.41) is 7.79. The number of nitrogens with zero attached hydrogens (tertiary/aromatic N) is 2. The van der Waals surface area contributed by atoms with Crippen molar-refractivity contribution in [1.82, 2.24) is 14.7 Å². The number of aromatic nitrogens is 2. The highest BCUT2D eigenvalue weighted by Gasteiger charge is 2.34. The summed E-state index contributed by atoms with van der Waals surface area (Å²) in [6, 6.07) is 19.3. The van der Waals surface area contributed by atoms with Crippen LogP contribution >= 0.6 is 15.9 Å². The van der Waals surface area contributed by atoms with Crippen molar-refractivity contribution in [2.24, 2.45) is 11.8 Å². The molecule has 1 aliphatic carbocycles. The van der Waals surface area contributed by atoms with Gasteiger partial charge in [0.05, 0.1) is 12.6 Å². The maximum absolute atomic E-state index is 12.9. The number of sulfonamides is 1. The molecule has 0 aliphatic heterocycles. The van der Waals surface area contributed by atoms with Gasteiger partial charge in [-0.15, -0.1) is 13.2 Å². The van der Waals surface area contributed by atoms with Crippen molar-refractivity contribution >= 4 is 48.6 Å². The van der Waals surface area contributed by atoms with Crippen LogP contribution in [-0.4, -0.2) is 51.5 Å². The molecule has 0 atom stereocenters. The zero-order valence-electron chi connectivity index (χ0n) is 25.1. The van der Waals surface area contributed by atoms with Crippen molar-refractivity contribution in [2.75, 3.05) is 37.4 Å². The normalized spacial score (nSPS) is 17.1. The van der Waals surface area contributed by atoms with Crippen LogP contribution in [0.2, 0.25) is 0 Å². The number of para-hydroxylation sites is 1. The standard InChI is InChI=1S/C32H35BrF3N5O4S/c1-44-25-13-10-21(11-14-25)16-17-37-30-26-4-2-3-5-27(26)40-31(41-30)38-19-22-6-8-23(9-7-22)20-39-46(42,43)29-15-12-24(33)18-28(29)45-32(34,35)36/h2-5,10-15,18,22-23,39H,6-9,16-17,19-20H2,1H3,(H2,37,38,40,41)/t22-,23-. The highest BCUT2D eigenvalue weighted by atomic mass is 79.9. The number of benzene rings is 3. The summed E-state index contributed by atoms with van der Waals surface area (Å²) in [5.41, 5.74) is 2.01. The molecule has 246 valence electrons. The van der Waals surface area contributed by atoms with E-state index in [-0.39, 0.29) is 16.9 Å². The number of hydrogen-bond donors (Lipinski definition) is 3. The molecule has 46 heavy (non-hydrogen) atoms. The van der Waals surface area contributed by atoms with Gasteiger partial charge in [0.15, 0.2) is 5.75 Å². The Hall–Kier alpha value is -3.62. The van der Waals surface area contributed by atoms with Gasteiger partial charge < -0.3 is 20.1 Å². The number of halogens is 4. The predicted octanol–water partition coefficient (Wildman–Crippen LogP) is 7.15. The quantitative estimate of drug-likeness (QED) is 0.133. The molecule has 0 radical (unpaired) electrons. The lowest BCUT2D eigenvalue weighted by atomic mass is 9.82. The number of rotatable bonds is 13. The Balaban J connectivity index is 1.13. The molecule has 5 rings (SSSR count). The summed E-state index contributed by atoms with van der Waals surface area (Å²) >= 11 is 3.06. The monoisotopic (exact) mass is 721 g/mol. The maximum atomic E-state index is 12.9. The lowest BCUT2D eigenvalue weighted by molar-refractivity contribution is -0.275. The van der Waals surface area contributed by atoms with Crippen molar-refractivity contribution in [1.29, 1.82) is 0 Å². The topological polar surface area (TPSA) is 114 Å². The van der Waals surface area contributed by atoms with Crippen LogP contribution in [0.1, 0.15) is 31.2 Å². The van der Waals surface area contributed by atoms with Crippen molar-refractivity contribution in [3.8, 4) is 11.5 Å². The zero-order valence-corrected chi connectivity index (χ0v) is 27.5. The van der Waals surface area contributed by atoms with E-state index in [4.69, 9.17) is 14.7 Å². The average Bonchev–Trinajstić information content (AvgIpc) is 3.03. The summed E-state index contributed by atoms with van der Waals surface area (Å²) < 4.78 is 76.3. The first-order valence-electron chi connectivity index (χ1n) is 14.9. The van der Waals surface area contributed by atoms with Gasteiger partial charge in [0.1, 0.15) is 16.5 Å². The molecule has 0 bridgehead atoms. The van der Waals surface area contributed by atoms with Crippen LogP contribution in [0.5, 0.6) is 11.5 Å². The number of ether oxygens (including phenoxy) is 2. The number of nitrogens with one attached hydrogen (secondary N) is 3. The Labute approximate surface area is 274 Å². The van der Waals surface area contributed by atoms with Crippen LogP contribution in [0, 0.1) is 11.8 Å². The molecule has 1 saturated carbocycles. The fourth-order valence-electron chi connectivity index (χ4n) is 5.50. The third-order valence-corrected chi connectivity index (χ3v) is 9.92. The zero-order chi connectivity index (χ0) is 32.7. The van der Waals surface area contributed by atoms with E-state index in [1.807, 2.05) is 48.5 Å². The smallest absolute Gasteiger partial charge is 0.497 e. The minimum Gasteiger partial charge on any atom is -0.497 e. The van der Waals surface area contributed by atoms with E-state index in [1.165, 1.54) is 11.6 Å². The summed E-state index contributed by atoms with van der Waals surface area (Å²) in [7, 11) is -2.58. The second kappa shape index (κ2) is 14.9. The maximum Gasteiger partial charge on any atom is 0.573 e. The highest BCUT2D eigenvalue weighted by Crippen LogP contribution is 2.33. The van der Waals surface area contributed by atoms with Gasteiger partial charge >= 0.3 is 6.36 Å². The molecule has 0 saturated heterocycles. The predicted molar refractivity (Wildman–Crippen MR) is 175 cm³/mol. The fourth-order valence-corrected chi connectivity index (χ4v) is 7.06. The number of anilines is 2. The van der Waals surface area contributed by atoms with Crippen LogP contribution in [0.15, 0.2) is 76.1 Å². The van der Waals surface area contributed by atoms with E-state index in [9.17, 15) is 21.6 Å². The Morgan fingerprint density at radius 3 is 2.30 bits per heavy atom. The van der Waals surface area contributed by atoms with E-state index in [1.54, 1.807) is 7.11 Å². The van der Waals surface area contributed by atoms with Gasteiger partial charge in [-0.25, -0.2) is 18.1 Å². The summed E-state index contributed by atoms with van der Waals surface area (Å²) in [5.74, 6) is 1.73. The second-order valence-corrected chi connectivity index (χ2v) is 13.8. The van der Waals surface area contributed by atoms with Crippen LogP contribution < -0.4 is 24.8 Å². The van der Waals surface area contributed by atoms with Crippen LogP contribution in [0.4, 0.5) is 24.9 Å². The lowest BCUT2D eigenvalue weighted by Crippen LogP contribution is -2.33.